The van der Waals surface area contributed by atoms with Gasteiger partial charge in [-0.25, -0.2) is 4.39 Å². The van der Waals surface area contributed by atoms with E-state index in [4.69, 9.17) is 9.47 Å². The number of hydrogen-bond donors (Lipinski definition) is 1. The zero-order chi connectivity index (χ0) is 18.4. The Morgan fingerprint density at radius 2 is 1.69 bits per heavy atom. The summed E-state index contributed by atoms with van der Waals surface area (Å²) in [6.45, 7) is 2.03. The van der Waals surface area contributed by atoms with Crippen molar-refractivity contribution >= 4 is 22.4 Å². The highest BCUT2D eigenvalue weighted by molar-refractivity contribution is 7.15. The van der Waals surface area contributed by atoms with Crippen molar-refractivity contribution in [3.8, 4) is 11.5 Å². The average molecular weight is 373 g/mol. The minimum Gasteiger partial charge on any atom is -0.486 e. The number of nitrogens with one attached hydrogen (secondary N) is 1. The second kappa shape index (κ2) is 8.39. The van der Waals surface area contributed by atoms with Crippen LogP contribution in [0.25, 0.3) is 0 Å². The molecule has 1 aromatic heterocycles. The molecular weight excluding hydrogens is 357 g/mol. The maximum Gasteiger partial charge on any atom is 0.264 e. The Bertz CT molecular complexity index is 866. The molecule has 0 unspecified atom stereocenters. The summed E-state index contributed by atoms with van der Waals surface area (Å²) in [6, 6.07) is 13.1. The number of carbonyl (C=O) groups is 1. The summed E-state index contributed by atoms with van der Waals surface area (Å²) in [5.74, 6) is 0.494. The second-order valence-corrected chi connectivity index (χ2v) is 6.46. The minimum atomic E-state index is -0.328. The fraction of sp³-hybridized carbons (Fsp3) is 0.167. The lowest BCUT2D eigenvalue weighted by atomic mass is 10.2. The van der Waals surface area contributed by atoms with Gasteiger partial charge < -0.3 is 9.47 Å². The summed E-state index contributed by atoms with van der Waals surface area (Å²) in [6.07, 6.45) is 0. The lowest BCUT2D eigenvalue weighted by molar-refractivity contribution is -0.118. The van der Waals surface area contributed by atoms with Gasteiger partial charge in [-0.2, -0.15) is 0 Å². The fourth-order valence-corrected chi connectivity index (χ4v) is 2.65. The average Bonchev–Trinajstić information content (AvgIpc) is 3.08. The van der Waals surface area contributed by atoms with Crippen molar-refractivity contribution in [1.82, 2.24) is 10.2 Å². The van der Waals surface area contributed by atoms with E-state index < -0.39 is 0 Å². The van der Waals surface area contributed by atoms with Crippen molar-refractivity contribution in [3.63, 3.8) is 0 Å². The zero-order valence-electron chi connectivity index (χ0n) is 13.9. The normalized spacial score (nSPS) is 10.4. The number of rotatable bonds is 7. The highest BCUT2D eigenvalue weighted by Crippen LogP contribution is 2.18. The van der Waals surface area contributed by atoms with E-state index in [9.17, 15) is 9.18 Å². The smallest absolute Gasteiger partial charge is 0.264 e. The van der Waals surface area contributed by atoms with Crippen molar-refractivity contribution in [1.29, 1.82) is 0 Å². The maximum absolute atomic E-state index is 12.8. The summed E-state index contributed by atoms with van der Waals surface area (Å²) in [5, 5.41) is 11.4. The first-order valence-electron chi connectivity index (χ1n) is 7.78. The molecule has 1 N–H and O–H groups in total. The van der Waals surface area contributed by atoms with Crippen LogP contribution in [0.3, 0.4) is 0 Å². The highest BCUT2D eigenvalue weighted by Gasteiger charge is 2.09. The zero-order valence-corrected chi connectivity index (χ0v) is 14.8. The second-order valence-electron chi connectivity index (χ2n) is 5.39. The first-order valence-corrected chi connectivity index (χ1v) is 8.60. The van der Waals surface area contributed by atoms with E-state index in [1.165, 1.54) is 35.6 Å². The number of halogens is 1. The lowest BCUT2D eigenvalue weighted by Crippen LogP contribution is -2.20. The molecule has 0 radical (unpaired) electrons. The number of anilines is 1. The molecule has 1 amide bonds. The number of hydrogen-bond acceptors (Lipinski definition) is 6. The molecule has 0 saturated heterocycles. The van der Waals surface area contributed by atoms with Crippen LogP contribution in [0.5, 0.6) is 11.5 Å². The third kappa shape index (κ3) is 5.25. The van der Waals surface area contributed by atoms with Gasteiger partial charge >= 0.3 is 0 Å². The van der Waals surface area contributed by atoms with Crippen LogP contribution < -0.4 is 14.8 Å². The van der Waals surface area contributed by atoms with Gasteiger partial charge in [-0.3, -0.25) is 10.1 Å². The van der Waals surface area contributed by atoms with E-state index in [0.29, 0.717) is 21.6 Å². The Morgan fingerprint density at radius 1 is 1.04 bits per heavy atom. The standard InChI is InChI=1S/C18H16FN3O3S/c1-12-2-6-14(7-3-12)24-10-16(23)20-18-22-21-17(26-18)11-25-15-8-4-13(19)5-9-15/h2-9H,10-11H2,1H3,(H,20,22,23). The lowest BCUT2D eigenvalue weighted by Gasteiger charge is -2.05. The molecule has 6 nitrogen and oxygen atoms in total. The van der Waals surface area contributed by atoms with Crippen molar-refractivity contribution in [2.45, 2.75) is 13.5 Å². The quantitative estimate of drug-likeness (QED) is 0.685. The first-order chi connectivity index (χ1) is 12.6. The van der Waals surface area contributed by atoms with Crippen LogP contribution in [0.15, 0.2) is 48.5 Å². The van der Waals surface area contributed by atoms with E-state index in [1.54, 1.807) is 12.1 Å². The van der Waals surface area contributed by atoms with E-state index in [0.717, 1.165) is 5.56 Å². The molecule has 0 aliphatic rings. The van der Waals surface area contributed by atoms with E-state index >= 15 is 0 Å². The molecule has 0 aliphatic carbocycles. The molecule has 0 aliphatic heterocycles. The molecule has 1 heterocycles. The van der Waals surface area contributed by atoms with Gasteiger partial charge in [0.2, 0.25) is 5.13 Å². The summed E-state index contributed by atoms with van der Waals surface area (Å²) in [4.78, 5) is 11.9. The molecule has 26 heavy (non-hydrogen) atoms. The van der Waals surface area contributed by atoms with Gasteiger partial charge in [0, 0.05) is 0 Å². The van der Waals surface area contributed by atoms with E-state index in [2.05, 4.69) is 15.5 Å². The van der Waals surface area contributed by atoms with Gasteiger partial charge in [0.25, 0.3) is 5.91 Å². The third-order valence-corrected chi connectivity index (χ3v) is 4.09. The Morgan fingerprint density at radius 3 is 2.42 bits per heavy atom. The largest absolute Gasteiger partial charge is 0.486 e. The molecule has 0 spiro atoms. The molecule has 0 saturated carbocycles. The first kappa shape index (κ1) is 17.8. The predicted molar refractivity (Wildman–Crippen MR) is 95.9 cm³/mol. The van der Waals surface area contributed by atoms with Crippen LogP contribution in [-0.2, 0) is 11.4 Å². The molecule has 3 aromatic rings. The highest BCUT2D eigenvalue weighted by atomic mass is 32.1. The van der Waals surface area contributed by atoms with Gasteiger partial charge in [0.1, 0.15) is 23.9 Å². The number of aryl methyl sites for hydroxylation is 1. The SMILES string of the molecule is Cc1ccc(OCC(=O)Nc2nnc(COc3ccc(F)cc3)s2)cc1. The Kier molecular flexibility index (Phi) is 5.75. The molecule has 0 bridgehead atoms. The van der Waals surface area contributed by atoms with Gasteiger partial charge in [-0.1, -0.05) is 29.0 Å². The maximum atomic E-state index is 12.8. The van der Waals surface area contributed by atoms with Gasteiger partial charge in [0.05, 0.1) is 0 Å². The Labute approximate surface area is 153 Å². The minimum absolute atomic E-state index is 0.121. The molecule has 134 valence electrons. The summed E-state index contributed by atoms with van der Waals surface area (Å²) in [7, 11) is 0. The van der Waals surface area contributed by atoms with Crippen LogP contribution in [0.2, 0.25) is 0 Å². The predicted octanol–water partition coefficient (Wildman–Crippen LogP) is 3.58. The van der Waals surface area contributed by atoms with Gasteiger partial charge in [0.15, 0.2) is 11.6 Å². The van der Waals surface area contributed by atoms with Crippen LogP contribution in [0, 0.1) is 12.7 Å². The number of nitrogens with zero attached hydrogens (tertiary/aromatic N) is 2. The third-order valence-electron chi connectivity index (χ3n) is 3.28. The summed E-state index contributed by atoms with van der Waals surface area (Å²) in [5.41, 5.74) is 1.12. The molecular formula is C18H16FN3O3S. The molecule has 0 fully saturated rings. The summed E-state index contributed by atoms with van der Waals surface area (Å²) >= 11 is 1.20. The monoisotopic (exact) mass is 373 g/mol. The summed E-state index contributed by atoms with van der Waals surface area (Å²) < 4.78 is 23.7. The van der Waals surface area contributed by atoms with Gasteiger partial charge in [-0.15, -0.1) is 10.2 Å². The van der Waals surface area contributed by atoms with Crippen molar-refractivity contribution in [3.05, 3.63) is 64.9 Å². The topological polar surface area (TPSA) is 73.3 Å². The Balaban J connectivity index is 1.45. The number of aromatic nitrogens is 2. The molecule has 3 rings (SSSR count). The van der Waals surface area contributed by atoms with Crippen LogP contribution in [-0.4, -0.2) is 22.7 Å². The van der Waals surface area contributed by atoms with Crippen molar-refractivity contribution in [2.75, 3.05) is 11.9 Å². The molecule has 8 heteroatoms. The van der Waals surface area contributed by atoms with E-state index in [1.807, 2.05) is 19.1 Å². The number of amides is 1. The van der Waals surface area contributed by atoms with E-state index in [-0.39, 0.29) is 24.9 Å². The van der Waals surface area contributed by atoms with Crippen LogP contribution in [0.1, 0.15) is 10.6 Å². The molecule has 0 atom stereocenters. The Hall–Kier alpha value is -3.00. The molecule has 2 aromatic carbocycles. The number of benzene rings is 2. The van der Waals surface area contributed by atoms with Crippen molar-refractivity contribution in [2.24, 2.45) is 0 Å². The van der Waals surface area contributed by atoms with Gasteiger partial charge in [-0.05, 0) is 43.3 Å². The number of ether oxygens (including phenoxy) is 2. The van der Waals surface area contributed by atoms with Crippen molar-refractivity contribution < 1.29 is 18.7 Å². The van der Waals surface area contributed by atoms with Crippen LogP contribution >= 0.6 is 11.3 Å². The fourth-order valence-electron chi connectivity index (χ4n) is 1.98. The number of carbonyl (C=O) groups excluding carboxylic acids is 1. The van der Waals surface area contributed by atoms with Crippen LogP contribution in [0.4, 0.5) is 9.52 Å².